The van der Waals surface area contributed by atoms with Crippen LogP contribution in [0, 0.1) is 12.7 Å². The van der Waals surface area contributed by atoms with E-state index in [1.165, 1.54) is 37.6 Å². The predicted molar refractivity (Wildman–Crippen MR) is 109 cm³/mol. The topological polar surface area (TPSA) is 131 Å². The standard InChI is InChI=1S/C19H21FN6O3S/c1-11-9-23-15(10-22-11)17(27)24-12-5-6-14(20)13(8-12)19-7-3-4-16(19)30(28,29)26(2)18(21)25-19/h5-6,8-10,16H,3-4,7H2,1-2H3,(H2,21,25)(H,24,27)/t16-,19-/m1/s1. The van der Waals surface area contributed by atoms with E-state index in [9.17, 15) is 17.6 Å². The Morgan fingerprint density at radius 1 is 1.33 bits per heavy atom. The maximum absolute atomic E-state index is 14.9. The van der Waals surface area contributed by atoms with Gasteiger partial charge in [-0.15, -0.1) is 0 Å². The first kappa shape index (κ1) is 20.2. The van der Waals surface area contributed by atoms with Crippen LogP contribution in [0.15, 0.2) is 35.6 Å². The van der Waals surface area contributed by atoms with Gasteiger partial charge in [-0.2, -0.15) is 0 Å². The lowest BCUT2D eigenvalue weighted by Gasteiger charge is -2.39. The van der Waals surface area contributed by atoms with E-state index in [0.29, 0.717) is 30.6 Å². The van der Waals surface area contributed by atoms with Crippen molar-refractivity contribution in [3.63, 3.8) is 0 Å². The molecular weight excluding hydrogens is 411 g/mol. The van der Waals surface area contributed by atoms with Crippen LogP contribution >= 0.6 is 0 Å². The molecule has 158 valence electrons. The summed E-state index contributed by atoms with van der Waals surface area (Å²) in [5, 5.41) is 1.73. The molecule has 1 aromatic heterocycles. The van der Waals surface area contributed by atoms with Gasteiger partial charge in [0.1, 0.15) is 22.3 Å². The number of rotatable bonds is 3. The molecule has 2 aliphatic rings. The van der Waals surface area contributed by atoms with Gasteiger partial charge >= 0.3 is 0 Å². The second kappa shape index (κ2) is 7.01. The van der Waals surface area contributed by atoms with Gasteiger partial charge in [0.25, 0.3) is 5.91 Å². The lowest BCUT2D eigenvalue weighted by atomic mass is 9.87. The van der Waals surface area contributed by atoms with E-state index in [2.05, 4.69) is 20.3 Å². The molecule has 1 aromatic carbocycles. The Morgan fingerprint density at radius 2 is 2.10 bits per heavy atom. The molecule has 0 radical (unpaired) electrons. The first-order valence-corrected chi connectivity index (χ1v) is 10.9. The molecule has 2 atom stereocenters. The number of nitrogens with zero attached hydrogens (tertiary/aromatic N) is 4. The highest BCUT2D eigenvalue weighted by atomic mass is 32.2. The average molecular weight is 432 g/mol. The normalized spacial score (nSPS) is 24.8. The number of nitrogens with two attached hydrogens (primary N) is 1. The first-order valence-electron chi connectivity index (χ1n) is 9.38. The average Bonchev–Trinajstić information content (AvgIpc) is 3.14. The number of guanidine groups is 1. The lowest BCUT2D eigenvalue weighted by molar-refractivity contribution is 0.102. The number of amides is 1. The fourth-order valence-electron chi connectivity index (χ4n) is 4.08. The Kier molecular flexibility index (Phi) is 4.72. The summed E-state index contributed by atoms with van der Waals surface area (Å²) in [7, 11) is -2.45. The van der Waals surface area contributed by atoms with Crippen molar-refractivity contribution in [3.05, 3.63) is 53.4 Å². The third-order valence-electron chi connectivity index (χ3n) is 5.64. The molecule has 2 heterocycles. The van der Waals surface area contributed by atoms with Crippen molar-refractivity contribution in [1.82, 2.24) is 14.3 Å². The zero-order chi connectivity index (χ0) is 21.7. The number of aliphatic imine (C=N–C) groups is 1. The summed E-state index contributed by atoms with van der Waals surface area (Å²) in [5.74, 6) is -1.30. The summed E-state index contributed by atoms with van der Waals surface area (Å²) in [4.78, 5) is 25.0. The molecule has 30 heavy (non-hydrogen) atoms. The van der Waals surface area contributed by atoms with E-state index in [1.54, 1.807) is 6.92 Å². The Labute approximate surface area is 173 Å². The molecule has 3 N–H and O–H groups in total. The number of carbonyl (C=O) groups excluding carboxylic acids is 1. The van der Waals surface area contributed by atoms with Crippen LogP contribution in [0.2, 0.25) is 0 Å². The maximum Gasteiger partial charge on any atom is 0.275 e. The zero-order valence-corrected chi connectivity index (χ0v) is 17.3. The second-order valence-electron chi connectivity index (χ2n) is 7.48. The molecular formula is C19H21FN6O3S. The third kappa shape index (κ3) is 3.09. The highest BCUT2D eigenvalue weighted by molar-refractivity contribution is 7.90. The second-order valence-corrected chi connectivity index (χ2v) is 9.63. The molecule has 1 saturated carbocycles. The van der Waals surface area contributed by atoms with Crippen LogP contribution in [0.25, 0.3) is 0 Å². The summed E-state index contributed by atoms with van der Waals surface area (Å²) >= 11 is 0. The fraction of sp³-hybridized carbons (Fsp3) is 0.368. The van der Waals surface area contributed by atoms with E-state index in [4.69, 9.17) is 5.73 Å². The van der Waals surface area contributed by atoms with Gasteiger partial charge in [0.2, 0.25) is 16.0 Å². The number of halogens is 1. The minimum Gasteiger partial charge on any atom is -0.369 e. The van der Waals surface area contributed by atoms with Crippen molar-refractivity contribution in [2.45, 2.75) is 37.0 Å². The van der Waals surface area contributed by atoms with Gasteiger partial charge in [-0.3, -0.25) is 9.78 Å². The summed E-state index contributed by atoms with van der Waals surface area (Å²) in [6.07, 6.45) is 4.05. The van der Waals surface area contributed by atoms with Crippen LogP contribution in [0.5, 0.6) is 0 Å². The van der Waals surface area contributed by atoms with Crippen molar-refractivity contribution >= 4 is 27.6 Å². The number of hydrogen-bond acceptors (Lipinski definition) is 7. The van der Waals surface area contributed by atoms with Crippen molar-refractivity contribution in [2.75, 3.05) is 12.4 Å². The van der Waals surface area contributed by atoms with E-state index in [1.807, 2.05) is 0 Å². The molecule has 0 unspecified atom stereocenters. The smallest absolute Gasteiger partial charge is 0.275 e. The molecule has 0 saturated heterocycles. The summed E-state index contributed by atoms with van der Waals surface area (Å²) in [5.41, 5.74) is 5.71. The Balaban J connectivity index is 1.75. The molecule has 0 spiro atoms. The molecule has 2 aromatic rings. The van der Waals surface area contributed by atoms with Crippen LogP contribution < -0.4 is 11.1 Å². The van der Waals surface area contributed by atoms with Crippen LogP contribution in [0.3, 0.4) is 0 Å². The van der Waals surface area contributed by atoms with Gasteiger partial charge in [0, 0.05) is 24.5 Å². The van der Waals surface area contributed by atoms with Crippen LogP contribution in [0.4, 0.5) is 10.1 Å². The predicted octanol–water partition coefficient (Wildman–Crippen LogP) is 1.51. The van der Waals surface area contributed by atoms with Gasteiger partial charge in [-0.25, -0.2) is 27.1 Å². The maximum atomic E-state index is 14.9. The largest absolute Gasteiger partial charge is 0.369 e. The number of hydrogen-bond donors (Lipinski definition) is 2. The van der Waals surface area contributed by atoms with E-state index in [0.717, 1.165) is 4.31 Å². The monoisotopic (exact) mass is 432 g/mol. The lowest BCUT2D eigenvalue weighted by Crippen LogP contribution is -2.55. The zero-order valence-electron chi connectivity index (χ0n) is 16.5. The molecule has 4 rings (SSSR count). The summed E-state index contributed by atoms with van der Waals surface area (Å²) < 4.78 is 41.7. The quantitative estimate of drug-likeness (QED) is 0.756. The van der Waals surface area contributed by atoms with Crippen LogP contribution in [0.1, 0.15) is 41.0 Å². The van der Waals surface area contributed by atoms with Crippen LogP contribution in [-0.2, 0) is 15.6 Å². The molecule has 1 amide bonds. The number of benzene rings is 1. The van der Waals surface area contributed by atoms with Gasteiger partial charge in [0.15, 0.2) is 0 Å². The minimum absolute atomic E-state index is 0.0948. The van der Waals surface area contributed by atoms with Gasteiger partial charge in [-0.05, 0) is 44.4 Å². The number of sulfonamides is 1. The van der Waals surface area contributed by atoms with E-state index in [-0.39, 0.29) is 17.2 Å². The number of fused-ring (bicyclic) bond motifs is 1. The molecule has 9 nitrogen and oxygen atoms in total. The number of aromatic nitrogens is 2. The van der Waals surface area contributed by atoms with Crippen molar-refractivity contribution < 1.29 is 17.6 Å². The van der Waals surface area contributed by atoms with Crippen molar-refractivity contribution in [3.8, 4) is 0 Å². The van der Waals surface area contributed by atoms with Crippen LogP contribution in [-0.4, -0.2) is 46.9 Å². The number of nitrogens with one attached hydrogen (secondary N) is 1. The van der Waals surface area contributed by atoms with E-state index >= 15 is 0 Å². The Hall–Kier alpha value is -3.08. The SMILES string of the molecule is Cc1cnc(C(=O)Nc2ccc(F)c([C@]34CCC[C@H]3S(=O)(=O)N(C)C(N)=N4)c2)cn1. The highest BCUT2D eigenvalue weighted by Gasteiger charge is 2.56. The van der Waals surface area contributed by atoms with Gasteiger partial charge in [0.05, 0.1) is 11.9 Å². The Morgan fingerprint density at radius 3 is 2.80 bits per heavy atom. The third-order valence-corrected chi connectivity index (χ3v) is 7.93. The Bertz CT molecular complexity index is 1150. The van der Waals surface area contributed by atoms with Gasteiger partial charge in [-0.1, -0.05) is 0 Å². The first-order chi connectivity index (χ1) is 14.1. The van der Waals surface area contributed by atoms with Crippen molar-refractivity contribution in [2.24, 2.45) is 10.7 Å². The number of anilines is 1. The highest BCUT2D eigenvalue weighted by Crippen LogP contribution is 2.49. The molecule has 1 aliphatic heterocycles. The molecule has 1 fully saturated rings. The molecule has 11 heteroatoms. The van der Waals surface area contributed by atoms with E-state index < -0.39 is 32.5 Å². The molecule has 0 bridgehead atoms. The minimum atomic E-state index is -3.79. The summed E-state index contributed by atoms with van der Waals surface area (Å²) in [6.45, 7) is 1.75. The fourth-order valence-corrected chi connectivity index (χ4v) is 6.02. The number of carbonyl (C=O) groups is 1. The molecule has 1 aliphatic carbocycles. The van der Waals surface area contributed by atoms with Crippen molar-refractivity contribution in [1.29, 1.82) is 0 Å². The van der Waals surface area contributed by atoms with Gasteiger partial charge < -0.3 is 11.1 Å². The number of aryl methyl sites for hydroxylation is 1. The summed E-state index contributed by atoms with van der Waals surface area (Å²) in [6, 6.07) is 4.01.